The van der Waals surface area contributed by atoms with Gasteiger partial charge in [-0.3, -0.25) is 4.90 Å². The minimum Gasteiger partial charge on any atom is -0.487 e. The second-order valence-electron chi connectivity index (χ2n) is 5.93. The van der Waals surface area contributed by atoms with E-state index < -0.39 is 23.8 Å². The fourth-order valence-electron chi connectivity index (χ4n) is 2.82. The first-order valence-corrected chi connectivity index (χ1v) is 7.91. The van der Waals surface area contributed by atoms with Crippen LogP contribution in [-0.2, 0) is 6.54 Å². The first-order valence-electron chi connectivity index (χ1n) is 7.91. The van der Waals surface area contributed by atoms with E-state index in [0.29, 0.717) is 32.1 Å². The van der Waals surface area contributed by atoms with Crippen LogP contribution in [0.5, 0.6) is 11.8 Å². The summed E-state index contributed by atoms with van der Waals surface area (Å²) >= 11 is 0. The van der Waals surface area contributed by atoms with E-state index >= 15 is 0 Å². The summed E-state index contributed by atoms with van der Waals surface area (Å²) < 4.78 is 36.9. The number of halogens is 2. The third kappa shape index (κ3) is 4.61. The monoisotopic (exact) mass is 351 g/mol. The molecule has 2 heterocycles. The van der Waals surface area contributed by atoms with E-state index in [1.165, 1.54) is 7.11 Å². The van der Waals surface area contributed by atoms with Gasteiger partial charge in [-0.05, 0) is 6.42 Å². The maximum absolute atomic E-state index is 13.2. The number of hydrogen-bond acceptors (Lipinski definition) is 6. The molecule has 0 radical (unpaired) electrons. The molecule has 1 aromatic heterocycles. The van der Waals surface area contributed by atoms with E-state index in [0.717, 1.165) is 23.8 Å². The van der Waals surface area contributed by atoms with Gasteiger partial charge in [0.15, 0.2) is 0 Å². The van der Waals surface area contributed by atoms with Crippen molar-refractivity contribution in [1.82, 2.24) is 14.9 Å². The maximum atomic E-state index is 13.2. The van der Waals surface area contributed by atoms with Crippen LogP contribution in [0.2, 0.25) is 0 Å². The Kier molecular flexibility index (Phi) is 5.40. The first kappa shape index (κ1) is 17.5. The van der Waals surface area contributed by atoms with Gasteiger partial charge in [0.2, 0.25) is 0 Å². The number of rotatable bonds is 5. The molecule has 25 heavy (non-hydrogen) atoms. The lowest BCUT2D eigenvalue weighted by atomic mass is 10.0. The molecule has 0 spiro atoms. The molecule has 3 rings (SSSR count). The van der Waals surface area contributed by atoms with E-state index in [-0.39, 0.29) is 5.75 Å². The number of nitrogens with zero attached hydrogens (tertiary/aromatic N) is 3. The number of hydrogen-bond donors (Lipinski definition) is 1. The molecule has 0 amide bonds. The molecule has 2 atom stereocenters. The van der Waals surface area contributed by atoms with Crippen LogP contribution in [0.25, 0.3) is 0 Å². The van der Waals surface area contributed by atoms with Crippen molar-refractivity contribution in [2.45, 2.75) is 25.2 Å². The van der Waals surface area contributed by atoms with Crippen molar-refractivity contribution in [2.24, 2.45) is 0 Å². The van der Waals surface area contributed by atoms with Gasteiger partial charge in [0.05, 0.1) is 7.11 Å². The molecule has 6 nitrogen and oxygen atoms in total. The third-order valence-corrected chi connectivity index (χ3v) is 4.00. The van der Waals surface area contributed by atoms with Gasteiger partial charge >= 0.3 is 6.01 Å². The molecular formula is C17H19F2N3O3. The molecule has 1 aromatic carbocycles. The van der Waals surface area contributed by atoms with Gasteiger partial charge in [-0.15, -0.1) is 0 Å². The molecular weight excluding hydrogens is 332 g/mol. The zero-order valence-corrected chi connectivity index (χ0v) is 13.7. The summed E-state index contributed by atoms with van der Waals surface area (Å²) in [6, 6.07) is 3.30. The predicted molar refractivity (Wildman–Crippen MR) is 85.3 cm³/mol. The second-order valence-corrected chi connectivity index (χ2v) is 5.93. The van der Waals surface area contributed by atoms with Gasteiger partial charge in [-0.2, -0.15) is 0 Å². The van der Waals surface area contributed by atoms with Crippen molar-refractivity contribution >= 4 is 0 Å². The Balaban J connectivity index is 1.56. The highest BCUT2D eigenvalue weighted by atomic mass is 19.1. The summed E-state index contributed by atoms with van der Waals surface area (Å²) in [5.74, 6) is -1.33. The number of β-amino-alcohol motifs (C(OH)–C–C–N with tert-alkyl or cyclic N) is 1. The van der Waals surface area contributed by atoms with Crippen LogP contribution in [-0.4, -0.2) is 52.4 Å². The molecule has 1 saturated heterocycles. The van der Waals surface area contributed by atoms with E-state index in [2.05, 4.69) is 9.97 Å². The SMILES string of the molecule is COc1ncc(CN2CC[C@@H](Oc3cc(F)cc(F)c3)[C@H](O)C2)cn1. The van der Waals surface area contributed by atoms with Crippen molar-refractivity contribution in [1.29, 1.82) is 0 Å². The third-order valence-electron chi connectivity index (χ3n) is 4.00. The van der Waals surface area contributed by atoms with Crippen LogP contribution in [0.15, 0.2) is 30.6 Å². The van der Waals surface area contributed by atoms with Crippen molar-refractivity contribution in [3.8, 4) is 11.8 Å². The number of benzene rings is 1. The molecule has 8 heteroatoms. The molecule has 1 fully saturated rings. The topological polar surface area (TPSA) is 67.7 Å². The number of aliphatic hydroxyl groups excluding tert-OH is 1. The molecule has 0 unspecified atom stereocenters. The zero-order valence-electron chi connectivity index (χ0n) is 13.7. The summed E-state index contributed by atoms with van der Waals surface area (Å²) in [4.78, 5) is 10.1. The highest BCUT2D eigenvalue weighted by Crippen LogP contribution is 2.22. The summed E-state index contributed by atoms with van der Waals surface area (Å²) in [5.41, 5.74) is 0.902. The van der Waals surface area contributed by atoms with Crippen molar-refractivity contribution in [3.63, 3.8) is 0 Å². The molecule has 0 saturated carbocycles. The molecule has 134 valence electrons. The first-order chi connectivity index (χ1) is 12.0. The Morgan fingerprint density at radius 3 is 2.48 bits per heavy atom. The molecule has 2 aromatic rings. The average Bonchev–Trinajstić information content (AvgIpc) is 2.57. The number of ether oxygens (including phenoxy) is 2. The quantitative estimate of drug-likeness (QED) is 0.886. The summed E-state index contributed by atoms with van der Waals surface area (Å²) in [6.45, 7) is 1.64. The van der Waals surface area contributed by atoms with Crippen LogP contribution in [0.3, 0.4) is 0 Å². The highest BCUT2D eigenvalue weighted by molar-refractivity contribution is 5.24. The molecule has 1 aliphatic heterocycles. The van der Waals surface area contributed by atoms with E-state index in [1.807, 2.05) is 4.90 Å². The maximum Gasteiger partial charge on any atom is 0.316 e. The largest absolute Gasteiger partial charge is 0.487 e. The van der Waals surface area contributed by atoms with Gasteiger partial charge in [-0.1, -0.05) is 0 Å². The molecule has 1 N–H and O–H groups in total. The second kappa shape index (κ2) is 7.71. The fourth-order valence-corrected chi connectivity index (χ4v) is 2.82. The number of methoxy groups -OCH3 is 1. The van der Waals surface area contributed by atoms with Gasteiger partial charge in [0.25, 0.3) is 0 Å². The zero-order chi connectivity index (χ0) is 17.8. The van der Waals surface area contributed by atoms with Gasteiger partial charge < -0.3 is 14.6 Å². The smallest absolute Gasteiger partial charge is 0.316 e. The van der Waals surface area contributed by atoms with Crippen LogP contribution in [0.1, 0.15) is 12.0 Å². The number of aliphatic hydroxyl groups is 1. The number of aromatic nitrogens is 2. The van der Waals surface area contributed by atoms with Gasteiger partial charge in [-0.25, -0.2) is 18.7 Å². The Morgan fingerprint density at radius 2 is 1.88 bits per heavy atom. The lowest BCUT2D eigenvalue weighted by Crippen LogP contribution is -2.48. The van der Waals surface area contributed by atoms with Crippen molar-refractivity contribution < 1.29 is 23.4 Å². The van der Waals surface area contributed by atoms with E-state index in [4.69, 9.17) is 9.47 Å². The van der Waals surface area contributed by atoms with Crippen LogP contribution < -0.4 is 9.47 Å². The lowest BCUT2D eigenvalue weighted by molar-refractivity contribution is -0.0277. The minimum absolute atomic E-state index is 0.0820. The van der Waals surface area contributed by atoms with Crippen LogP contribution in [0, 0.1) is 11.6 Å². The highest BCUT2D eigenvalue weighted by Gasteiger charge is 2.29. The number of piperidine rings is 1. The molecule has 0 bridgehead atoms. The standard InChI is InChI=1S/C17H19F2N3O3/c1-24-17-20-7-11(8-21-17)9-22-3-2-16(15(23)10-22)25-14-5-12(18)4-13(19)6-14/h4-8,15-16,23H,2-3,9-10H2,1H3/t15-,16-/m1/s1. The Labute approximate surface area is 144 Å². The normalized spacial score (nSPS) is 21.1. The van der Waals surface area contributed by atoms with Crippen LogP contribution in [0.4, 0.5) is 8.78 Å². The van der Waals surface area contributed by atoms with Gasteiger partial charge in [0, 0.05) is 55.8 Å². The summed E-state index contributed by atoms with van der Waals surface area (Å²) in [6.07, 6.45) is 2.62. The van der Waals surface area contributed by atoms with Crippen molar-refractivity contribution in [2.75, 3.05) is 20.2 Å². The average molecular weight is 351 g/mol. The minimum atomic E-state index is -0.765. The fraction of sp³-hybridized carbons (Fsp3) is 0.412. The van der Waals surface area contributed by atoms with Crippen molar-refractivity contribution in [3.05, 3.63) is 47.8 Å². The van der Waals surface area contributed by atoms with E-state index in [9.17, 15) is 13.9 Å². The Morgan fingerprint density at radius 1 is 1.20 bits per heavy atom. The molecule has 1 aliphatic rings. The number of likely N-dealkylation sites (tertiary alicyclic amines) is 1. The predicted octanol–water partition coefficient (Wildman–Crippen LogP) is 1.78. The lowest BCUT2D eigenvalue weighted by Gasteiger charge is -2.35. The summed E-state index contributed by atoms with van der Waals surface area (Å²) in [7, 11) is 1.50. The summed E-state index contributed by atoms with van der Waals surface area (Å²) in [5, 5.41) is 10.3. The van der Waals surface area contributed by atoms with Gasteiger partial charge in [0.1, 0.15) is 29.6 Å². The van der Waals surface area contributed by atoms with E-state index in [1.54, 1.807) is 12.4 Å². The van der Waals surface area contributed by atoms with Crippen LogP contribution >= 0.6 is 0 Å². The molecule has 0 aliphatic carbocycles. The Hall–Kier alpha value is -2.32. The Bertz CT molecular complexity index is 695.